The quantitative estimate of drug-likeness (QED) is 0.502. The maximum atomic E-state index is 6.24. The first-order valence-corrected chi connectivity index (χ1v) is 8.78. The maximum absolute atomic E-state index is 6.24. The Kier molecular flexibility index (Phi) is 4.46. The number of fused-ring (bicyclic) bond motifs is 1. The molecule has 0 aliphatic heterocycles. The van der Waals surface area contributed by atoms with E-state index >= 15 is 0 Å². The van der Waals surface area contributed by atoms with E-state index in [0.717, 1.165) is 33.3 Å². The number of halogens is 1. The normalized spacial score (nSPS) is 11.0. The van der Waals surface area contributed by atoms with Crippen molar-refractivity contribution in [2.45, 2.75) is 0 Å². The van der Waals surface area contributed by atoms with Crippen molar-refractivity contribution in [1.82, 2.24) is 14.8 Å². The minimum absolute atomic E-state index is 0.637. The van der Waals surface area contributed by atoms with Crippen molar-refractivity contribution in [3.8, 4) is 33.9 Å². The second kappa shape index (κ2) is 6.93. The van der Waals surface area contributed by atoms with Crippen LogP contribution in [0.3, 0.4) is 0 Å². The number of hydrogen-bond acceptors (Lipinski definition) is 4. The first kappa shape index (κ1) is 17.4. The number of nitrogens with zero attached hydrogens (tertiary/aromatic N) is 3. The lowest BCUT2D eigenvalue weighted by molar-refractivity contribution is 0.356. The molecule has 0 saturated carbocycles. The third-order valence-corrected chi connectivity index (χ3v) is 4.69. The van der Waals surface area contributed by atoms with Gasteiger partial charge in [-0.25, -0.2) is 4.98 Å². The van der Waals surface area contributed by atoms with Crippen LogP contribution in [-0.4, -0.2) is 29.0 Å². The Bertz CT molecular complexity index is 1140. The van der Waals surface area contributed by atoms with E-state index in [1.165, 1.54) is 0 Å². The van der Waals surface area contributed by atoms with E-state index < -0.39 is 0 Å². The zero-order chi connectivity index (χ0) is 19.0. The molecule has 2 heterocycles. The minimum atomic E-state index is 0.637. The van der Waals surface area contributed by atoms with Crippen molar-refractivity contribution in [2.24, 2.45) is 7.05 Å². The Hall–Kier alpha value is -3.05. The summed E-state index contributed by atoms with van der Waals surface area (Å²) in [6.45, 7) is 0. The van der Waals surface area contributed by atoms with Crippen LogP contribution in [0.1, 0.15) is 0 Å². The molecule has 0 aliphatic carbocycles. The first-order valence-electron chi connectivity index (χ1n) is 8.41. The molecule has 4 rings (SSSR count). The Morgan fingerprint density at radius 1 is 0.963 bits per heavy atom. The molecular weight excluding hydrogens is 362 g/mol. The summed E-state index contributed by atoms with van der Waals surface area (Å²) in [5.74, 6) is 1.29. The van der Waals surface area contributed by atoms with Crippen LogP contribution in [0.25, 0.3) is 33.3 Å². The molecule has 0 atom stereocenters. The van der Waals surface area contributed by atoms with Crippen molar-refractivity contribution in [3.05, 3.63) is 59.9 Å². The lowest BCUT2D eigenvalue weighted by Crippen LogP contribution is -1.94. The lowest BCUT2D eigenvalue weighted by Gasteiger charge is -2.13. The van der Waals surface area contributed by atoms with E-state index in [2.05, 4.69) is 11.2 Å². The molecule has 0 bridgehead atoms. The summed E-state index contributed by atoms with van der Waals surface area (Å²) in [5.41, 5.74) is 4.61. The van der Waals surface area contributed by atoms with Gasteiger partial charge >= 0.3 is 0 Å². The summed E-state index contributed by atoms with van der Waals surface area (Å²) in [5, 5.41) is 5.90. The molecule has 136 valence electrons. The zero-order valence-corrected chi connectivity index (χ0v) is 16.0. The molecule has 2 aromatic carbocycles. The van der Waals surface area contributed by atoms with Gasteiger partial charge in [-0.3, -0.25) is 4.68 Å². The number of methoxy groups -OCH3 is 2. The molecule has 0 saturated heterocycles. The summed E-state index contributed by atoms with van der Waals surface area (Å²) >= 11 is 6.24. The largest absolute Gasteiger partial charge is 0.493 e. The van der Waals surface area contributed by atoms with Crippen LogP contribution >= 0.6 is 11.6 Å². The number of aromatic nitrogens is 3. The van der Waals surface area contributed by atoms with Gasteiger partial charge < -0.3 is 9.47 Å². The van der Waals surface area contributed by atoms with E-state index in [0.29, 0.717) is 16.5 Å². The summed E-state index contributed by atoms with van der Waals surface area (Å²) in [7, 11) is 5.13. The molecule has 2 aromatic heterocycles. The molecule has 0 unspecified atom stereocenters. The molecule has 27 heavy (non-hydrogen) atoms. The molecule has 6 heteroatoms. The fraction of sp³-hybridized carbons (Fsp3) is 0.143. The van der Waals surface area contributed by atoms with Crippen LogP contribution in [0.4, 0.5) is 0 Å². The summed E-state index contributed by atoms with van der Waals surface area (Å²) in [4.78, 5) is 4.83. The van der Waals surface area contributed by atoms with Crippen molar-refractivity contribution >= 4 is 22.5 Å². The fourth-order valence-electron chi connectivity index (χ4n) is 3.15. The summed E-state index contributed by atoms with van der Waals surface area (Å²) in [6.07, 6.45) is 3.74. The van der Waals surface area contributed by atoms with Gasteiger partial charge in [0.15, 0.2) is 11.5 Å². The van der Waals surface area contributed by atoms with Gasteiger partial charge in [-0.2, -0.15) is 5.10 Å². The van der Waals surface area contributed by atoms with Crippen molar-refractivity contribution in [1.29, 1.82) is 0 Å². The molecule has 0 N–H and O–H groups in total. The monoisotopic (exact) mass is 379 g/mol. The van der Waals surface area contributed by atoms with Crippen LogP contribution in [0.2, 0.25) is 5.02 Å². The van der Waals surface area contributed by atoms with E-state index in [-0.39, 0.29) is 0 Å². The molecule has 0 aliphatic rings. The van der Waals surface area contributed by atoms with Crippen LogP contribution in [0, 0.1) is 0 Å². The standard InChI is InChI=1S/C21H18ClN3O2/c1-25-12-14(11-23-25)18-8-16(13-5-4-6-15(22)7-13)17-9-20(26-2)21(27-3)10-19(17)24-18/h4-12H,1-3H3. The third-order valence-electron chi connectivity index (χ3n) is 4.45. The molecule has 5 nitrogen and oxygen atoms in total. The van der Waals surface area contributed by atoms with Crippen molar-refractivity contribution in [3.63, 3.8) is 0 Å². The van der Waals surface area contributed by atoms with Crippen molar-refractivity contribution in [2.75, 3.05) is 14.2 Å². The average molecular weight is 380 g/mol. The smallest absolute Gasteiger partial charge is 0.162 e. The van der Waals surface area contributed by atoms with Crippen LogP contribution in [0.5, 0.6) is 11.5 Å². The second-order valence-corrected chi connectivity index (χ2v) is 6.63. The molecule has 4 aromatic rings. The predicted octanol–water partition coefficient (Wildman–Crippen LogP) is 4.97. The van der Waals surface area contributed by atoms with Crippen molar-refractivity contribution < 1.29 is 9.47 Å². The number of ether oxygens (including phenoxy) is 2. The van der Waals surface area contributed by atoms with Crippen LogP contribution in [-0.2, 0) is 7.05 Å². The Morgan fingerprint density at radius 3 is 2.41 bits per heavy atom. The highest BCUT2D eigenvalue weighted by molar-refractivity contribution is 6.30. The molecule has 0 radical (unpaired) electrons. The molecule has 0 amide bonds. The topological polar surface area (TPSA) is 49.2 Å². The first-order chi connectivity index (χ1) is 13.1. The van der Waals surface area contributed by atoms with Gasteiger partial charge in [-0.05, 0) is 35.4 Å². The Labute approximate surface area is 162 Å². The second-order valence-electron chi connectivity index (χ2n) is 6.19. The third kappa shape index (κ3) is 3.22. The number of hydrogen-bond donors (Lipinski definition) is 0. The van der Waals surface area contributed by atoms with Gasteiger partial charge in [0.2, 0.25) is 0 Å². The Balaban J connectivity index is 2.05. The van der Waals surface area contributed by atoms with Gasteiger partial charge in [0.1, 0.15) is 0 Å². The summed E-state index contributed by atoms with van der Waals surface area (Å²) in [6, 6.07) is 13.7. The highest BCUT2D eigenvalue weighted by atomic mass is 35.5. The van der Waals surface area contributed by atoms with E-state index in [9.17, 15) is 0 Å². The van der Waals surface area contributed by atoms with E-state index in [4.69, 9.17) is 26.1 Å². The lowest BCUT2D eigenvalue weighted by atomic mass is 9.98. The van der Waals surface area contributed by atoms with Crippen LogP contribution in [0.15, 0.2) is 54.9 Å². The molecular formula is C21H18ClN3O2. The Morgan fingerprint density at radius 2 is 1.74 bits per heavy atom. The zero-order valence-electron chi connectivity index (χ0n) is 15.2. The minimum Gasteiger partial charge on any atom is -0.493 e. The highest BCUT2D eigenvalue weighted by Gasteiger charge is 2.15. The maximum Gasteiger partial charge on any atom is 0.162 e. The SMILES string of the molecule is COc1cc2nc(-c3cnn(C)c3)cc(-c3cccc(Cl)c3)c2cc1OC. The average Bonchev–Trinajstić information content (AvgIpc) is 3.12. The van der Waals surface area contributed by atoms with Gasteiger partial charge in [-0.1, -0.05) is 23.7 Å². The number of aryl methyl sites for hydroxylation is 1. The number of rotatable bonds is 4. The number of pyridine rings is 1. The van der Waals surface area contributed by atoms with Gasteiger partial charge in [0.05, 0.1) is 31.6 Å². The van der Waals surface area contributed by atoms with Gasteiger partial charge in [0, 0.05) is 35.3 Å². The fourth-order valence-corrected chi connectivity index (χ4v) is 3.34. The van der Waals surface area contributed by atoms with Gasteiger partial charge in [0.25, 0.3) is 0 Å². The molecule has 0 spiro atoms. The molecule has 0 fully saturated rings. The van der Waals surface area contributed by atoms with E-state index in [1.807, 2.05) is 49.6 Å². The van der Waals surface area contributed by atoms with Gasteiger partial charge in [-0.15, -0.1) is 0 Å². The highest BCUT2D eigenvalue weighted by Crippen LogP contribution is 2.38. The number of benzene rings is 2. The van der Waals surface area contributed by atoms with Crippen LogP contribution < -0.4 is 9.47 Å². The summed E-state index contributed by atoms with van der Waals surface area (Å²) < 4.78 is 12.7. The predicted molar refractivity (Wildman–Crippen MR) is 107 cm³/mol. The van der Waals surface area contributed by atoms with E-state index in [1.54, 1.807) is 25.1 Å².